The number of unbranched alkanes of at least 4 members (excludes halogenated alkanes) is 6. The molecule has 0 saturated carbocycles. The number of benzene rings is 5. The van der Waals surface area contributed by atoms with Crippen LogP contribution in [-0.2, 0) is 18.3 Å². The molecule has 4 heteroatoms. The Bertz CT molecular complexity index is 2170. The number of anilines is 3. The fraction of sp³-hybridized carbons (Fsp3) is 0.294. The van der Waals surface area contributed by atoms with Crippen molar-refractivity contribution >= 4 is 34.4 Å². The van der Waals surface area contributed by atoms with Crippen molar-refractivity contribution in [3.05, 3.63) is 154 Å². The van der Waals surface area contributed by atoms with Gasteiger partial charge in [-0.2, -0.15) is 0 Å². The van der Waals surface area contributed by atoms with Gasteiger partial charge in [0.05, 0.1) is 11.3 Å². The van der Waals surface area contributed by atoms with E-state index < -0.39 is 11.4 Å². The molecule has 5 aromatic carbocycles. The molecule has 55 heavy (non-hydrogen) atoms. The monoisotopic (exact) mass is 724 g/mol. The van der Waals surface area contributed by atoms with Gasteiger partial charge in [0, 0.05) is 39.2 Å². The quantitative estimate of drug-likeness (QED) is 0.0916. The lowest BCUT2D eigenvalue weighted by atomic mass is 9.81. The zero-order chi connectivity index (χ0) is 38.6. The molecule has 1 heterocycles. The van der Waals surface area contributed by atoms with Gasteiger partial charge in [0.15, 0.2) is 0 Å². The SMILES string of the molecule is CCCCCCc1ccc(N(c2ccc(C#Cc3ccc(C#CC4=Nc5ccc(C(=O)O)cc5C4(C)C)cc3)cc2)c2ccc(CCCCCC)cc2)cc1. The van der Waals surface area contributed by atoms with E-state index in [0.29, 0.717) is 0 Å². The summed E-state index contributed by atoms with van der Waals surface area (Å²) < 4.78 is 0. The number of carbonyl (C=O) groups is 1. The molecule has 278 valence electrons. The number of rotatable bonds is 14. The van der Waals surface area contributed by atoms with Crippen molar-refractivity contribution < 1.29 is 9.90 Å². The summed E-state index contributed by atoms with van der Waals surface area (Å²) in [6.07, 6.45) is 12.4. The van der Waals surface area contributed by atoms with Crippen molar-refractivity contribution in [2.45, 2.75) is 97.3 Å². The normalized spacial score (nSPS) is 12.5. The summed E-state index contributed by atoms with van der Waals surface area (Å²) in [6, 6.07) is 39.7. The number of hydrogen-bond acceptors (Lipinski definition) is 3. The van der Waals surface area contributed by atoms with E-state index in [4.69, 9.17) is 4.99 Å². The van der Waals surface area contributed by atoms with E-state index in [2.05, 4.69) is 115 Å². The Labute approximate surface area is 328 Å². The van der Waals surface area contributed by atoms with Crippen molar-refractivity contribution in [3.8, 4) is 23.7 Å². The van der Waals surface area contributed by atoms with Crippen molar-refractivity contribution in [1.29, 1.82) is 0 Å². The average molecular weight is 725 g/mol. The average Bonchev–Trinajstić information content (AvgIpc) is 3.46. The van der Waals surface area contributed by atoms with E-state index >= 15 is 0 Å². The molecule has 0 aromatic heterocycles. The number of aliphatic imine (C=N–C) groups is 1. The van der Waals surface area contributed by atoms with E-state index in [1.54, 1.807) is 18.2 Å². The lowest BCUT2D eigenvalue weighted by Gasteiger charge is -2.26. The lowest BCUT2D eigenvalue weighted by molar-refractivity contribution is 0.0696. The van der Waals surface area contributed by atoms with E-state index in [-0.39, 0.29) is 5.56 Å². The zero-order valence-electron chi connectivity index (χ0n) is 32.8. The molecule has 0 bridgehead atoms. The van der Waals surface area contributed by atoms with Crippen LogP contribution < -0.4 is 4.90 Å². The van der Waals surface area contributed by atoms with Gasteiger partial charge in [-0.15, -0.1) is 0 Å². The third-order valence-corrected chi connectivity index (χ3v) is 10.5. The van der Waals surface area contributed by atoms with Gasteiger partial charge in [0.25, 0.3) is 0 Å². The lowest BCUT2D eigenvalue weighted by Crippen LogP contribution is -2.24. The number of hydrogen-bond donors (Lipinski definition) is 1. The molecule has 0 radical (unpaired) electrons. The Hall–Kier alpha value is -5.84. The van der Waals surface area contributed by atoms with Gasteiger partial charge in [-0.3, -0.25) is 0 Å². The summed E-state index contributed by atoms with van der Waals surface area (Å²) in [5.41, 5.74) is 11.1. The second-order valence-electron chi connectivity index (χ2n) is 15.0. The third-order valence-electron chi connectivity index (χ3n) is 10.5. The number of aromatic carboxylic acids is 1. The van der Waals surface area contributed by atoms with Gasteiger partial charge in [-0.25, -0.2) is 9.79 Å². The summed E-state index contributed by atoms with van der Waals surface area (Å²) in [7, 11) is 0. The molecule has 0 unspecified atom stereocenters. The summed E-state index contributed by atoms with van der Waals surface area (Å²) in [5.74, 6) is 12.2. The molecule has 0 amide bonds. The Morgan fingerprint density at radius 3 is 1.47 bits per heavy atom. The number of nitrogens with zero attached hydrogens (tertiary/aromatic N) is 2. The van der Waals surface area contributed by atoms with E-state index in [1.807, 2.05) is 38.1 Å². The molecule has 6 rings (SSSR count). The van der Waals surface area contributed by atoms with Crippen LogP contribution in [0, 0.1) is 23.7 Å². The predicted octanol–water partition coefficient (Wildman–Crippen LogP) is 12.9. The minimum Gasteiger partial charge on any atom is -0.478 e. The molecule has 1 aliphatic heterocycles. The molecule has 4 nitrogen and oxygen atoms in total. The topological polar surface area (TPSA) is 52.9 Å². The van der Waals surface area contributed by atoms with Crippen LogP contribution in [0.25, 0.3) is 0 Å². The van der Waals surface area contributed by atoms with Gasteiger partial charge in [0.1, 0.15) is 5.71 Å². The maximum Gasteiger partial charge on any atom is 0.335 e. The first-order valence-electron chi connectivity index (χ1n) is 19.9. The summed E-state index contributed by atoms with van der Waals surface area (Å²) in [5, 5.41) is 9.43. The number of carboxylic acid groups (broad SMARTS) is 1. The second kappa shape index (κ2) is 18.5. The molecule has 0 spiro atoms. The van der Waals surface area contributed by atoms with Crippen LogP contribution in [0.15, 0.2) is 120 Å². The van der Waals surface area contributed by atoms with Crippen LogP contribution in [0.2, 0.25) is 0 Å². The minimum atomic E-state index is -0.945. The molecular formula is C51H52N2O2. The van der Waals surface area contributed by atoms with Crippen LogP contribution >= 0.6 is 0 Å². The summed E-state index contributed by atoms with van der Waals surface area (Å²) >= 11 is 0. The second-order valence-corrected chi connectivity index (χ2v) is 15.0. The van der Waals surface area contributed by atoms with Gasteiger partial charge in [0.2, 0.25) is 0 Å². The van der Waals surface area contributed by atoms with Crippen LogP contribution in [-0.4, -0.2) is 16.8 Å². The maximum atomic E-state index is 11.5. The van der Waals surface area contributed by atoms with Crippen molar-refractivity contribution in [1.82, 2.24) is 0 Å². The van der Waals surface area contributed by atoms with Gasteiger partial charge in [-0.05, 0) is 153 Å². The standard InChI is InChI=1S/C51H52N2O2/c1-5-7-9-11-13-38-21-29-44(30-22-38)53(45-31-23-39(24-32-45)14-12-10-8-6-2)46-33-25-42(26-34-46)20-17-40-15-18-41(19-16-40)27-36-49-51(3,4)47-37-43(50(54)55)28-35-48(47)52-49/h15-16,18-19,21-26,28-35,37H,5-14H2,1-4H3,(H,54,55). The van der Waals surface area contributed by atoms with Gasteiger partial charge in [-0.1, -0.05) is 94.4 Å². The first kappa shape index (κ1) is 38.9. The first-order valence-corrected chi connectivity index (χ1v) is 19.9. The molecule has 0 aliphatic carbocycles. The van der Waals surface area contributed by atoms with E-state index in [1.165, 1.54) is 62.5 Å². The molecular weight excluding hydrogens is 673 g/mol. The highest BCUT2D eigenvalue weighted by Gasteiger charge is 2.34. The molecule has 0 saturated heterocycles. The van der Waals surface area contributed by atoms with Gasteiger partial charge < -0.3 is 10.0 Å². The molecule has 1 N–H and O–H groups in total. The highest BCUT2D eigenvalue weighted by Crippen LogP contribution is 2.40. The van der Waals surface area contributed by atoms with Crippen LogP contribution in [0.4, 0.5) is 22.7 Å². The molecule has 1 aliphatic rings. The Kier molecular flexibility index (Phi) is 13.1. The van der Waals surface area contributed by atoms with Crippen molar-refractivity contribution in [2.24, 2.45) is 4.99 Å². The van der Waals surface area contributed by atoms with Crippen molar-refractivity contribution in [2.75, 3.05) is 4.90 Å². The fourth-order valence-corrected chi connectivity index (χ4v) is 7.03. The van der Waals surface area contributed by atoms with Gasteiger partial charge >= 0.3 is 5.97 Å². The Morgan fingerprint density at radius 2 is 1.02 bits per heavy atom. The highest BCUT2D eigenvalue weighted by molar-refractivity contribution is 6.13. The van der Waals surface area contributed by atoms with Crippen LogP contribution in [0.5, 0.6) is 0 Å². The summed E-state index contributed by atoms with van der Waals surface area (Å²) in [6.45, 7) is 8.58. The van der Waals surface area contributed by atoms with E-state index in [9.17, 15) is 9.90 Å². The molecule has 0 atom stereocenters. The maximum absolute atomic E-state index is 11.5. The number of carboxylic acids is 1. The fourth-order valence-electron chi connectivity index (χ4n) is 7.03. The minimum absolute atomic E-state index is 0.258. The Balaban J connectivity index is 1.15. The predicted molar refractivity (Wildman–Crippen MR) is 230 cm³/mol. The third kappa shape index (κ3) is 10.0. The largest absolute Gasteiger partial charge is 0.478 e. The van der Waals surface area contributed by atoms with Crippen molar-refractivity contribution in [3.63, 3.8) is 0 Å². The Morgan fingerprint density at radius 1 is 0.582 bits per heavy atom. The van der Waals surface area contributed by atoms with Crippen LogP contribution in [0.3, 0.4) is 0 Å². The number of fused-ring (bicyclic) bond motifs is 1. The summed E-state index contributed by atoms with van der Waals surface area (Å²) in [4.78, 5) is 18.6. The molecule has 0 fully saturated rings. The van der Waals surface area contributed by atoms with Crippen LogP contribution in [0.1, 0.15) is 123 Å². The van der Waals surface area contributed by atoms with E-state index in [0.717, 1.165) is 63.6 Å². The molecule has 5 aromatic rings. The highest BCUT2D eigenvalue weighted by atomic mass is 16.4. The number of aryl methyl sites for hydroxylation is 2. The first-order chi connectivity index (χ1) is 26.7. The zero-order valence-corrected chi connectivity index (χ0v) is 32.8. The smallest absolute Gasteiger partial charge is 0.335 e.